The summed E-state index contributed by atoms with van der Waals surface area (Å²) in [5.41, 5.74) is 2.62. The van der Waals surface area contributed by atoms with E-state index in [-0.39, 0.29) is 0 Å². The molecule has 1 heterocycles. The van der Waals surface area contributed by atoms with Gasteiger partial charge in [0.05, 0.1) is 7.11 Å². The molecule has 3 heteroatoms. The summed E-state index contributed by atoms with van der Waals surface area (Å²) in [7, 11) is 1.72. The molecular formula is C12H16BrNO. The zero-order valence-corrected chi connectivity index (χ0v) is 10.7. The maximum absolute atomic E-state index is 5.31. The van der Waals surface area contributed by atoms with Crippen molar-refractivity contribution < 1.29 is 4.74 Å². The van der Waals surface area contributed by atoms with Crippen LogP contribution in [0.2, 0.25) is 0 Å². The second-order valence-corrected chi connectivity index (χ2v) is 4.83. The smallest absolute Gasteiger partial charge is 0.119 e. The first-order valence-corrected chi connectivity index (χ1v) is 6.06. The van der Waals surface area contributed by atoms with E-state index >= 15 is 0 Å². The molecule has 1 aromatic rings. The van der Waals surface area contributed by atoms with E-state index in [9.17, 15) is 0 Å². The quantitative estimate of drug-likeness (QED) is 0.892. The summed E-state index contributed by atoms with van der Waals surface area (Å²) in [4.78, 5) is 0. The molecule has 0 amide bonds. The molecule has 2 rings (SSSR count). The van der Waals surface area contributed by atoms with Gasteiger partial charge in [0.15, 0.2) is 0 Å². The molecule has 1 N–H and O–H groups in total. The van der Waals surface area contributed by atoms with Crippen LogP contribution in [0.1, 0.15) is 23.5 Å². The molecule has 0 radical (unpaired) electrons. The van der Waals surface area contributed by atoms with Crippen LogP contribution in [0.3, 0.4) is 0 Å². The highest BCUT2D eigenvalue weighted by Gasteiger charge is 2.20. The molecule has 1 unspecified atom stereocenters. The topological polar surface area (TPSA) is 21.3 Å². The van der Waals surface area contributed by atoms with Crippen molar-refractivity contribution in [1.29, 1.82) is 0 Å². The summed E-state index contributed by atoms with van der Waals surface area (Å²) in [5.74, 6) is 1.57. The van der Waals surface area contributed by atoms with Crippen molar-refractivity contribution in [2.24, 2.45) is 0 Å². The van der Waals surface area contributed by atoms with Crippen molar-refractivity contribution in [3.8, 4) is 5.75 Å². The second kappa shape index (κ2) is 4.54. The Balaban J connectivity index is 2.39. The van der Waals surface area contributed by atoms with Crippen molar-refractivity contribution in [2.75, 3.05) is 20.2 Å². The van der Waals surface area contributed by atoms with Gasteiger partial charge in [0.25, 0.3) is 0 Å². The zero-order chi connectivity index (χ0) is 10.8. The maximum atomic E-state index is 5.31. The molecule has 1 fully saturated rings. The Morgan fingerprint density at radius 3 is 2.87 bits per heavy atom. The van der Waals surface area contributed by atoms with Gasteiger partial charge in [0.1, 0.15) is 5.75 Å². The van der Waals surface area contributed by atoms with Crippen LogP contribution in [-0.4, -0.2) is 20.2 Å². The first-order valence-electron chi connectivity index (χ1n) is 5.27. The molecule has 0 aliphatic carbocycles. The number of halogens is 1. The van der Waals surface area contributed by atoms with E-state index in [0.29, 0.717) is 5.92 Å². The van der Waals surface area contributed by atoms with Gasteiger partial charge < -0.3 is 10.1 Å². The van der Waals surface area contributed by atoms with Crippen molar-refractivity contribution in [1.82, 2.24) is 5.32 Å². The Kier molecular flexibility index (Phi) is 3.32. The first kappa shape index (κ1) is 11.0. The first-order chi connectivity index (χ1) is 7.22. The molecule has 0 aromatic heterocycles. The van der Waals surface area contributed by atoms with Gasteiger partial charge in [-0.3, -0.25) is 0 Å². The van der Waals surface area contributed by atoms with Gasteiger partial charge in [0, 0.05) is 11.0 Å². The van der Waals surface area contributed by atoms with Gasteiger partial charge in [-0.1, -0.05) is 15.9 Å². The molecule has 1 saturated heterocycles. The minimum atomic E-state index is 0.619. The number of benzene rings is 1. The van der Waals surface area contributed by atoms with Crippen molar-refractivity contribution in [3.63, 3.8) is 0 Å². The normalized spacial score (nSPS) is 20.6. The van der Waals surface area contributed by atoms with Gasteiger partial charge in [-0.25, -0.2) is 0 Å². The number of hydrogen-bond acceptors (Lipinski definition) is 2. The second-order valence-electron chi connectivity index (χ2n) is 4.04. The summed E-state index contributed by atoms with van der Waals surface area (Å²) in [6.45, 7) is 4.30. The lowest BCUT2D eigenvalue weighted by Crippen LogP contribution is -2.08. The number of ether oxygens (including phenoxy) is 1. The number of aryl methyl sites for hydroxylation is 1. The summed E-state index contributed by atoms with van der Waals surface area (Å²) in [5, 5.41) is 3.39. The monoisotopic (exact) mass is 269 g/mol. The average Bonchev–Trinajstić information content (AvgIpc) is 2.75. The fourth-order valence-electron chi connectivity index (χ4n) is 2.10. The summed E-state index contributed by atoms with van der Waals surface area (Å²) in [6.07, 6.45) is 1.21. The van der Waals surface area contributed by atoms with Gasteiger partial charge in [-0.15, -0.1) is 0 Å². The molecule has 82 valence electrons. The highest BCUT2D eigenvalue weighted by Crippen LogP contribution is 2.34. The molecule has 1 aliphatic heterocycles. The summed E-state index contributed by atoms with van der Waals surface area (Å²) < 4.78 is 6.54. The Morgan fingerprint density at radius 1 is 1.47 bits per heavy atom. The van der Waals surface area contributed by atoms with Crippen LogP contribution in [0.15, 0.2) is 16.6 Å². The fraction of sp³-hybridized carbons (Fsp3) is 0.500. The highest BCUT2D eigenvalue weighted by atomic mass is 79.9. The Labute approximate surface area is 99.1 Å². The van der Waals surface area contributed by atoms with E-state index in [1.807, 2.05) is 0 Å². The number of nitrogens with one attached hydrogen (secondary N) is 1. The lowest BCUT2D eigenvalue weighted by Gasteiger charge is -2.15. The largest absolute Gasteiger partial charge is 0.497 e. The van der Waals surface area contributed by atoms with E-state index in [4.69, 9.17) is 4.74 Å². The lowest BCUT2D eigenvalue weighted by atomic mass is 9.96. The van der Waals surface area contributed by atoms with Crippen molar-refractivity contribution in [2.45, 2.75) is 19.3 Å². The Hall–Kier alpha value is -0.540. The molecule has 1 aromatic carbocycles. The Bertz CT molecular complexity index is 359. The van der Waals surface area contributed by atoms with E-state index in [1.165, 1.54) is 22.0 Å². The molecule has 0 saturated carbocycles. The van der Waals surface area contributed by atoms with E-state index in [2.05, 4.69) is 40.3 Å². The lowest BCUT2D eigenvalue weighted by molar-refractivity contribution is 0.413. The Morgan fingerprint density at radius 2 is 2.27 bits per heavy atom. The van der Waals surface area contributed by atoms with Crippen molar-refractivity contribution in [3.05, 3.63) is 27.7 Å². The number of rotatable bonds is 2. The van der Waals surface area contributed by atoms with Crippen LogP contribution in [0, 0.1) is 6.92 Å². The van der Waals surface area contributed by atoms with Crippen LogP contribution in [0.4, 0.5) is 0 Å². The number of hydrogen-bond donors (Lipinski definition) is 1. The molecular weight excluding hydrogens is 254 g/mol. The predicted octanol–water partition coefficient (Wildman–Crippen LogP) is 2.84. The average molecular weight is 270 g/mol. The van der Waals surface area contributed by atoms with Gasteiger partial charge in [-0.2, -0.15) is 0 Å². The molecule has 1 atom stereocenters. The van der Waals surface area contributed by atoms with Crippen LogP contribution in [0.5, 0.6) is 5.75 Å². The van der Waals surface area contributed by atoms with E-state index in [1.54, 1.807) is 7.11 Å². The third-order valence-corrected chi connectivity index (χ3v) is 4.08. The van der Waals surface area contributed by atoms with Crippen LogP contribution in [0.25, 0.3) is 0 Å². The van der Waals surface area contributed by atoms with Gasteiger partial charge in [-0.05, 0) is 49.1 Å². The molecule has 0 bridgehead atoms. The van der Waals surface area contributed by atoms with Crippen LogP contribution in [-0.2, 0) is 0 Å². The SMILES string of the molecule is COc1cc(C)c(Br)c(C2CCNC2)c1. The van der Waals surface area contributed by atoms with Gasteiger partial charge >= 0.3 is 0 Å². The minimum Gasteiger partial charge on any atom is -0.497 e. The molecule has 1 aliphatic rings. The summed E-state index contributed by atoms with van der Waals surface area (Å²) in [6, 6.07) is 4.21. The van der Waals surface area contributed by atoms with E-state index in [0.717, 1.165) is 18.8 Å². The summed E-state index contributed by atoms with van der Waals surface area (Å²) >= 11 is 3.67. The van der Waals surface area contributed by atoms with Crippen molar-refractivity contribution >= 4 is 15.9 Å². The van der Waals surface area contributed by atoms with Crippen LogP contribution < -0.4 is 10.1 Å². The van der Waals surface area contributed by atoms with E-state index < -0.39 is 0 Å². The maximum Gasteiger partial charge on any atom is 0.119 e. The molecule has 15 heavy (non-hydrogen) atoms. The third kappa shape index (κ3) is 2.18. The third-order valence-electron chi connectivity index (χ3n) is 2.99. The molecule has 0 spiro atoms. The standard InChI is InChI=1S/C12H16BrNO/c1-8-5-10(15-2)6-11(12(8)13)9-3-4-14-7-9/h5-6,9,14H,3-4,7H2,1-2H3. The highest BCUT2D eigenvalue weighted by molar-refractivity contribution is 9.10. The minimum absolute atomic E-state index is 0.619. The van der Waals surface area contributed by atoms with Gasteiger partial charge in [0.2, 0.25) is 0 Å². The van der Waals surface area contributed by atoms with Crippen LogP contribution >= 0.6 is 15.9 Å². The number of methoxy groups -OCH3 is 1. The zero-order valence-electron chi connectivity index (χ0n) is 9.14. The fourth-order valence-corrected chi connectivity index (χ4v) is 2.65. The predicted molar refractivity (Wildman–Crippen MR) is 65.7 cm³/mol. The molecule has 2 nitrogen and oxygen atoms in total.